The van der Waals surface area contributed by atoms with Crippen LogP contribution in [-0.4, -0.2) is 70.7 Å². The highest BCUT2D eigenvalue weighted by Gasteiger charge is 2.17. The number of nitrogens with one attached hydrogen (secondary N) is 5. The molecule has 184 valence electrons. The summed E-state index contributed by atoms with van der Waals surface area (Å²) in [4.78, 5) is 41.4. The molecule has 1 aromatic heterocycles. The lowest BCUT2D eigenvalue weighted by Gasteiger charge is -2.26. The van der Waals surface area contributed by atoms with Crippen LogP contribution in [0.5, 0.6) is 0 Å². The van der Waals surface area contributed by atoms with Crippen molar-refractivity contribution in [3.63, 3.8) is 0 Å². The van der Waals surface area contributed by atoms with Gasteiger partial charge in [0, 0.05) is 50.2 Å². The Labute approximate surface area is 200 Å². The highest BCUT2D eigenvalue weighted by molar-refractivity contribution is 7.15. The Balaban J connectivity index is 1.63. The number of amides is 3. The second-order valence-electron chi connectivity index (χ2n) is 7.77. The molecule has 3 rings (SSSR count). The number of nitrogens with zero attached hydrogens (tertiary/aromatic N) is 2. The van der Waals surface area contributed by atoms with Crippen molar-refractivity contribution in [2.24, 2.45) is 0 Å². The first-order chi connectivity index (χ1) is 16.3. The summed E-state index contributed by atoms with van der Waals surface area (Å²) >= 11 is 1.51. The number of carbonyl (C=O) groups is 3. The fourth-order valence-electron chi connectivity index (χ4n) is 3.53. The third-order valence-electron chi connectivity index (χ3n) is 5.09. The summed E-state index contributed by atoms with van der Waals surface area (Å²) in [6.45, 7) is 6.11. The van der Waals surface area contributed by atoms with E-state index in [1.54, 1.807) is 12.1 Å². The Hall–Kier alpha value is -3.42. The van der Waals surface area contributed by atoms with E-state index in [-0.39, 0.29) is 5.91 Å². The molecule has 0 radical (unpaired) electrons. The van der Waals surface area contributed by atoms with Gasteiger partial charge in [-0.1, -0.05) is 12.1 Å². The van der Waals surface area contributed by atoms with E-state index in [2.05, 4.69) is 25.8 Å². The number of rotatable bonds is 10. The average Bonchev–Trinajstić information content (AvgIpc) is 3.13. The Bertz CT molecular complexity index is 976. The molecule has 0 spiro atoms. The molecule has 3 amide bonds. The van der Waals surface area contributed by atoms with Gasteiger partial charge in [-0.15, -0.1) is 11.3 Å². The molecule has 0 saturated carbocycles. The average molecular weight is 492 g/mol. The number of hydrogen-bond acceptors (Lipinski definition) is 8. The monoisotopic (exact) mass is 491 g/mol. The summed E-state index contributed by atoms with van der Waals surface area (Å²) in [7, 11) is 0. The van der Waals surface area contributed by atoms with E-state index < -0.39 is 18.5 Å². The van der Waals surface area contributed by atoms with Gasteiger partial charge in [0.2, 0.25) is 5.91 Å². The molecule has 34 heavy (non-hydrogen) atoms. The Morgan fingerprint density at radius 2 is 1.74 bits per heavy atom. The van der Waals surface area contributed by atoms with Crippen LogP contribution in [0.4, 0.5) is 20.4 Å². The summed E-state index contributed by atoms with van der Waals surface area (Å²) in [6.07, 6.45) is -2.48. The molecule has 2 heterocycles. The lowest BCUT2D eigenvalue weighted by molar-refractivity contribution is -0.114. The summed E-state index contributed by atoms with van der Waals surface area (Å²) in [5.41, 5.74) is 2.56. The molecule has 1 aliphatic rings. The van der Waals surface area contributed by atoms with Crippen LogP contribution in [0.2, 0.25) is 0 Å². The molecule has 12 nitrogen and oxygen atoms in total. The first-order valence-corrected chi connectivity index (χ1v) is 11.6. The van der Waals surface area contributed by atoms with Crippen molar-refractivity contribution in [2.75, 3.05) is 36.8 Å². The van der Waals surface area contributed by atoms with Crippen molar-refractivity contribution in [3.05, 3.63) is 40.4 Å². The molecule has 0 atom stereocenters. The molecular formula is C21H29N7O5S. The van der Waals surface area contributed by atoms with E-state index in [1.165, 1.54) is 18.3 Å². The van der Waals surface area contributed by atoms with Gasteiger partial charge >= 0.3 is 12.2 Å². The quantitative estimate of drug-likeness (QED) is 0.244. The Morgan fingerprint density at radius 1 is 1.09 bits per heavy atom. The second-order valence-corrected chi connectivity index (χ2v) is 8.85. The van der Waals surface area contributed by atoms with E-state index in [9.17, 15) is 14.4 Å². The minimum absolute atomic E-state index is 0.148. The maximum atomic E-state index is 11.5. The normalized spacial score (nSPS) is 13.9. The molecular weight excluding hydrogens is 462 g/mol. The molecule has 2 aromatic rings. The topological polar surface area (TPSA) is 168 Å². The lowest BCUT2D eigenvalue weighted by atomic mass is 10.1. The molecule has 1 fully saturated rings. The number of hydrogen-bond donors (Lipinski definition) is 7. The smallest absolute Gasteiger partial charge is 0.407 e. The summed E-state index contributed by atoms with van der Waals surface area (Å²) < 4.78 is 0. The van der Waals surface area contributed by atoms with Gasteiger partial charge in [-0.2, -0.15) is 0 Å². The van der Waals surface area contributed by atoms with Crippen LogP contribution >= 0.6 is 11.3 Å². The number of anilines is 2. The molecule has 1 aromatic carbocycles. The third kappa shape index (κ3) is 8.17. The number of carboxylic acid groups (broad SMARTS) is 2. The van der Waals surface area contributed by atoms with Gasteiger partial charge in [0.15, 0.2) is 11.4 Å². The minimum Gasteiger partial charge on any atom is -0.465 e. The summed E-state index contributed by atoms with van der Waals surface area (Å²) in [5, 5.41) is 31.3. The summed E-state index contributed by atoms with van der Waals surface area (Å²) in [5.74, 6) is -0.148. The molecule has 0 bridgehead atoms. The van der Waals surface area contributed by atoms with E-state index >= 15 is 0 Å². The van der Waals surface area contributed by atoms with Crippen LogP contribution in [0.15, 0.2) is 24.3 Å². The van der Waals surface area contributed by atoms with E-state index in [1.807, 2.05) is 22.8 Å². The van der Waals surface area contributed by atoms with Crippen LogP contribution in [0.25, 0.3) is 0 Å². The van der Waals surface area contributed by atoms with Gasteiger partial charge in [0.05, 0.1) is 5.69 Å². The van der Waals surface area contributed by atoms with Crippen molar-refractivity contribution >= 4 is 40.2 Å². The van der Waals surface area contributed by atoms with Crippen LogP contribution in [0.1, 0.15) is 23.1 Å². The van der Waals surface area contributed by atoms with Crippen molar-refractivity contribution in [3.8, 4) is 0 Å². The van der Waals surface area contributed by atoms with Gasteiger partial charge in [-0.05, 0) is 30.5 Å². The molecule has 7 N–H and O–H groups in total. The van der Waals surface area contributed by atoms with Crippen LogP contribution in [0.3, 0.4) is 0 Å². The van der Waals surface area contributed by atoms with E-state index in [0.29, 0.717) is 17.2 Å². The Morgan fingerprint density at radius 3 is 2.32 bits per heavy atom. The standard InChI is InChI=1S/C21H29N7O5S/c1-13(29)23-19-25-16(17(34-19)12-28-10-8-22-9-11-28)7-4-14-2-5-15(6-3-14)24-18(26-20(30)31)27-21(32)33/h2-3,5-6,18,22,24,26-27H,4,7-12H2,1H3,(H,30,31)(H,32,33)(H,23,25,29). The van der Waals surface area contributed by atoms with Gasteiger partial charge in [0.1, 0.15) is 0 Å². The van der Waals surface area contributed by atoms with E-state index in [4.69, 9.17) is 10.2 Å². The van der Waals surface area contributed by atoms with E-state index in [0.717, 1.165) is 55.3 Å². The highest BCUT2D eigenvalue weighted by atomic mass is 32.1. The zero-order valence-corrected chi connectivity index (χ0v) is 19.6. The first-order valence-electron chi connectivity index (χ1n) is 10.8. The maximum Gasteiger partial charge on any atom is 0.407 e. The lowest BCUT2D eigenvalue weighted by Crippen LogP contribution is -2.52. The predicted octanol–water partition coefficient (Wildman–Crippen LogP) is 1.52. The van der Waals surface area contributed by atoms with Crippen molar-refractivity contribution < 1.29 is 24.6 Å². The van der Waals surface area contributed by atoms with Crippen LogP contribution in [0, 0.1) is 0 Å². The number of aryl methyl sites for hydroxylation is 2. The van der Waals surface area contributed by atoms with Gasteiger partial charge < -0.3 is 26.2 Å². The SMILES string of the molecule is CC(=O)Nc1nc(CCc2ccc(NC(NC(=O)O)NC(=O)O)cc2)c(CN2CCNCC2)s1. The number of piperazine rings is 1. The first kappa shape index (κ1) is 25.2. The second kappa shape index (κ2) is 12.2. The van der Waals surface area contributed by atoms with Gasteiger partial charge in [-0.25, -0.2) is 14.6 Å². The largest absolute Gasteiger partial charge is 0.465 e. The molecule has 1 aliphatic heterocycles. The number of thiazole rings is 1. The zero-order chi connectivity index (χ0) is 24.5. The van der Waals surface area contributed by atoms with Crippen molar-refractivity contribution in [1.29, 1.82) is 0 Å². The van der Waals surface area contributed by atoms with Crippen molar-refractivity contribution in [2.45, 2.75) is 32.6 Å². The maximum absolute atomic E-state index is 11.5. The number of carbonyl (C=O) groups excluding carboxylic acids is 1. The van der Waals surface area contributed by atoms with Crippen LogP contribution in [-0.2, 0) is 24.2 Å². The fraction of sp³-hybridized carbons (Fsp3) is 0.429. The van der Waals surface area contributed by atoms with Gasteiger partial charge in [0.25, 0.3) is 0 Å². The third-order valence-corrected chi connectivity index (χ3v) is 6.09. The van der Waals surface area contributed by atoms with Crippen LogP contribution < -0.4 is 26.6 Å². The molecule has 0 unspecified atom stereocenters. The molecule has 0 aliphatic carbocycles. The molecule has 13 heteroatoms. The summed E-state index contributed by atoms with van der Waals surface area (Å²) in [6, 6.07) is 7.28. The zero-order valence-electron chi connectivity index (χ0n) is 18.8. The van der Waals surface area contributed by atoms with Crippen molar-refractivity contribution in [1.82, 2.24) is 25.8 Å². The predicted molar refractivity (Wildman–Crippen MR) is 128 cm³/mol. The number of benzene rings is 1. The fourth-order valence-corrected chi connectivity index (χ4v) is 4.63. The van der Waals surface area contributed by atoms with Gasteiger partial charge in [-0.3, -0.25) is 20.3 Å². The number of aromatic nitrogens is 1. The molecule has 1 saturated heterocycles. The minimum atomic E-state index is -1.36. The highest BCUT2D eigenvalue weighted by Crippen LogP contribution is 2.26. The Kier molecular flexibility index (Phi) is 9.01.